The van der Waals surface area contributed by atoms with E-state index >= 15 is 0 Å². The molecule has 19 heavy (non-hydrogen) atoms. The number of rotatable bonds is 3. The molecule has 3 heterocycles. The normalized spacial score (nSPS) is 22.9. The summed E-state index contributed by atoms with van der Waals surface area (Å²) in [6.07, 6.45) is 3.20. The first-order chi connectivity index (χ1) is 9.17. The number of piperidine rings is 1. The van der Waals surface area contributed by atoms with E-state index in [1.165, 1.54) is 6.26 Å². The third kappa shape index (κ3) is 2.65. The predicted molar refractivity (Wildman–Crippen MR) is 64.8 cm³/mol. The first-order valence-electron chi connectivity index (χ1n) is 6.48. The minimum atomic E-state index is -0.965. The van der Waals surface area contributed by atoms with Crippen molar-refractivity contribution in [2.45, 2.75) is 25.2 Å². The lowest BCUT2D eigenvalue weighted by atomic mass is 10.0. The zero-order valence-electron chi connectivity index (χ0n) is 10.6. The Kier molecular flexibility index (Phi) is 3.30. The van der Waals surface area contributed by atoms with E-state index in [0.717, 1.165) is 19.4 Å². The van der Waals surface area contributed by atoms with Crippen molar-refractivity contribution in [2.24, 2.45) is 0 Å². The van der Waals surface area contributed by atoms with Gasteiger partial charge in [0.05, 0.1) is 31.9 Å². The monoisotopic (exact) mass is 267 g/mol. The van der Waals surface area contributed by atoms with Crippen LogP contribution in [-0.4, -0.2) is 48.1 Å². The van der Waals surface area contributed by atoms with Crippen molar-refractivity contribution in [3.05, 3.63) is 23.7 Å². The van der Waals surface area contributed by atoms with Gasteiger partial charge in [0.25, 0.3) is 0 Å². The second kappa shape index (κ2) is 4.96. The molecule has 1 spiro atoms. The topological polar surface area (TPSA) is 72.1 Å². The van der Waals surface area contributed by atoms with Gasteiger partial charge in [-0.3, -0.25) is 4.90 Å². The van der Waals surface area contributed by atoms with Crippen LogP contribution in [0.15, 0.2) is 16.7 Å². The number of ether oxygens (including phenoxy) is 2. The molecule has 2 aliphatic rings. The van der Waals surface area contributed by atoms with Gasteiger partial charge in [-0.1, -0.05) is 0 Å². The van der Waals surface area contributed by atoms with Gasteiger partial charge in [0.1, 0.15) is 12.0 Å². The number of carboxylic acid groups (broad SMARTS) is 1. The zero-order valence-corrected chi connectivity index (χ0v) is 10.6. The standard InChI is InChI=1S/C13H17NO5/c15-12(16)10-6-11(17-8-10)7-14-3-1-2-13(9-14)18-4-5-19-13/h6,8H,1-5,7,9H2,(H,15,16). The lowest BCUT2D eigenvalue weighted by molar-refractivity contribution is -0.190. The van der Waals surface area contributed by atoms with Gasteiger partial charge >= 0.3 is 5.97 Å². The predicted octanol–water partition coefficient (Wildman–Crippen LogP) is 1.32. The molecule has 0 amide bonds. The Morgan fingerprint density at radius 2 is 2.21 bits per heavy atom. The van der Waals surface area contributed by atoms with Crippen LogP contribution < -0.4 is 0 Å². The summed E-state index contributed by atoms with van der Waals surface area (Å²) >= 11 is 0. The lowest BCUT2D eigenvalue weighted by Crippen LogP contribution is -2.48. The van der Waals surface area contributed by atoms with Crippen molar-refractivity contribution < 1.29 is 23.8 Å². The second-order valence-corrected chi connectivity index (χ2v) is 5.03. The fourth-order valence-electron chi connectivity index (χ4n) is 2.73. The number of likely N-dealkylation sites (tertiary alicyclic amines) is 1. The molecule has 0 unspecified atom stereocenters. The van der Waals surface area contributed by atoms with E-state index < -0.39 is 11.8 Å². The molecule has 0 saturated carbocycles. The summed E-state index contributed by atoms with van der Waals surface area (Å²) in [5.41, 5.74) is 0.190. The smallest absolute Gasteiger partial charge is 0.338 e. The second-order valence-electron chi connectivity index (χ2n) is 5.03. The molecule has 2 saturated heterocycles. The number of nitrogens with zero attached hydrogens (tertiary/aromatic N) is 1. The summed E-state index contributed by atoms with van der Waals surface area (Å²) in [6.45, 7) is 3.53. The highest BCUT2D eigenvalue weighted by Gasteiger charge is 2.40. The third-order valence-electron chi connectivity index (χ3n) is 3.59. The van der Waals surface area contributed by atoms with Crippen LogP contribution in [0.1, 0.15) is 29.0 Å². The molecule has 0 aromatic carbocycles. The van der Waals surface area contributed by atoms with E-state index in [1.54, 1.807) is 6.07 Å². The molecular weight excluding hydrogens is 250 g/mol. The van der Waals surface area contributed by atoms with Gasteiger partial charge in [-0.25, -0.2) is 4.79 Å². The van der Waals surface area contributed by atoms with Crippen LogP contribution in [0.3, 0.4) is 0 Å². The number of hydrogen-bond donors (Lipinski definition) is 1. The highest BCUT2D eigenvalue weighted by Crippen LogP contribution is 2.30. The SMILES string of the molecule is O=C(O)c1coc(CN2CCCC3(C2)OCCO3)c1. The van der Waals surface area contributed by atoms with Crippen molar-refractivity contribution >= 4 is 5.97 Å². The van der Waals surface area contributed by atoms with Gasteiger partial charge in [-0.2, -0.15) is 0 Å². The van der Waals surface area contributed by atoms with Gasteiger partial charge in [-0.05, 0) is 19.0 Å². The Hall–Kier alpha value is -1.37. The highest BCUT2D eigenvalue weighted by molar-refractivity contribution is 5.87. The van der Waals surface area contributed by atoms with E-state index in [-0.39, 0.29) is 5.56 Å². The molecule has 1 N–H and O–H groups in total. The van der Waals surface area contributed by atoms with Crippen LogP contribution in [0.2, 0.25) is 0 Å². The Morgan fingerprint density at radius 1 is 1.42 bits per heavy atom. The summed E-state index contributed by atoms with van der Waals surface area (Å²) in [7, 11) is 0. The first-order valence-corrected chi connectivity index (χ1v) is 6.48. The van der Waals surface area contributed by atoms with Crippen LogP contribution >= 0.6 is 0 Å². The van der Waals surface area contributed by atoms with Crippen LogP contribution in [0.4, 0.5) is 0 Å². The van der Waals surface area contributed by atoms with Crippen molar-refractivity contribution in [2.75, 3.05) is 26.3 Å². The van der Waals surface area contributed by atoms with Crippen molar-refractivity contribution in [1.82, 2.24) is 4.90 Å². The van der Waals surface area contributed by atoms with Gasteiger partial charge in [-0.15, -0.1) is 0 Å². The van der Waals surface area contributed by atoms with E-state index in [1.807, 2.05) is 0 Å². The van der Waals surface area contributed by atoms with Crippen LogP contribution in [0.25, 0.3) is 0 Å². The summed E-state index contributed by atoms with van der Waals surface area (Å²) < 4.78 is 16.7. The summed E-state index contributed by atoms with van der Waals surface area (Å²) in [5, 5.41) is 8.86. The molecule has 2 fully saturated rings. The lowest BCUT2D eigenvalue weighted by Gasteiger charge is -2.38. The fourth-order valence-corrected chi connectivity index (χ4v) is 2.73. The van der Waals surface area contributed by atoms with Crippen LogP contribution in [0, 0.1) is 0 Å². The molecule has 0 aliphatic carbocycles. The molecule has 1 aromatic heterocycles. The summed E-state index contributed by atoms with van der Waals surface area (Å²) in [6, 6.07) is 1.57. The summed E-state index contributed by atoms with van der Waals surface area (Å²) in [5.74, 6) is -0.763. The van der Waals surface area contributed by atoms with E-state index in [9.17, 15) is 4.79 Å². The number of hydrogen-bond acceptors (Lipinski definition) is 5. The first kappa shape index (κ1) is 12.7. The molecule has 0 bridgehead atoms. The molecule has 3 rings (SSSR count). The van der Waals surface area contributed by atoms with E-state index in [2.05, 4.69) is 4.90 Å². The largest absolute Gasteiger partial charge is 0.478 e. The number of aromatic carboxylic acids is 1. The van der Waals surface area contributed by atoms with E-state index in [0.29, 0.717) is 32.1 Å². The molecule has 6 heteroatoms. The van der Waals surface area contributed by atoms with Gasteiger partial charge < -0.3 is 19.0 Å². The highest BCUT2D eigenvalue weighted by atomic mass is 16.7. The molecule has 0 radical (unpaired) electrons. The summed E-state index contributed by atoms with van der Waals surface area (Å²) in [4.78, 5) is 13.0. The fraction of sp³-hybridized carbons (Fsp3) is 0.615. The van der Waals surface area contributed by atoms with Crippen molar-refractivity contribution in [1.29, 1.82) is 0 Å². The van der Waals surface area contributed by atoms with Crippen molar-refractivity contribution in [3.8, 4) is 0 Å². The number of carbonyl (C=O) groups is 1. The van der Waals surface area contributed by atoms with Gasteiger partial charge in [0, 0.05) is 6.42 Å². The minimum Gasteiger partial charge on any atom is -0.478 e. The van der Waals surface area contributed by atoms with Crippen LogP contribution in [0.5, 0.6) is 0 Å². The Labute approximate surface area is 110 Å². The Balaban J connectivity index is 1.64. The minimum absolute atomic E-state index is 0.190. The van der Waals surface area contributed by atoms with Crippen molar-refractivity contribution in [3.63, 3.8) is 0 Å². The number of furan rings is 1. The molecule has 6 nitrogen and oxygen atoms in total. The molecule has 104 valence electrons. The Morgan fingerprint density at radius 3 is 2.89 bits per heavy atom. The Bertz CT molecular complexity index is 463. The zero-order chi connectivity index (χ0) is 13.3. The maximum Gasteiger partial charge on any atom is 0.338 e. The van der Waals surface area contributed by atoms with E-state index in [4.69, 9.17) is 19.0 Å². The average Bonchev–Trinajstić information content (AvgIpc) is 3.00. The third-order valence-corrected chi connectivity index (χ3v) is 3.59. The maximum atomic E-state index is 10.8. The van der Waals surface area contributed by atoms with Gasteiger partial charge in [0.2, 0.25) is 0 Å². The maximum absolute atomic E-state index is 10.8. The molecule has 1 aromatic rings. The molecule has 2 aliphatic heterocycles. The van der Waals surface area contributed by atoms with Gasteiger partial charge in [0.15, 0.2) is 5.79 Å². The molecular formula is C13H17NO5. The quantitative estimate of drug-likeness (QED) is 0.890. The average molecular weight is 267 g/mol. The van der Waals surface area contributed by atoms with Crippen LogP contribution in [-0.2, 0) is 16.0 Å². The molecule has 0 atom stereocenters. The number of carboxylic acids is 1.